The Morgan fingerprint density at radius 1 is 0.956 bits per heavy atom. The highest BCUT2D eigenvalue weighted by molar-refractivity contribution is 5.77. The maximum Gasteiger partial charge on any atom is 0.416 e. The van der Waals surface area contributed by atoms with Crippen LogP contribution in [0.2, 0.25) is 0 Å². The van der Waals surface area contributed by atoms with Crippen LogP contribution in [0.1, 0.15) is 53.7 Å². The predicted octanol–water partition coefficient (Wildman–Crippen LogP) is 7.18. The summed E-state index contributed by atoms with van der Waals surface area (Å²) in [5, 5.41) is 5.55. The van der Waals surface area contributed by atoms with Crippen molar-refractivity contribution in [2.45, 2.75) is 62.5 Å². The predicted molar refractivity (Wildman–Crippen MR) is 151 cm³/mol. The monoisotopic (exact) mass is 635 g/mol. The van der Waals surface area contributed by atoms with Crippen LogP contribution in [0.15, 0.2) is 78.9 Å². The molecule has 2 fully saturated rings. The van der Waals surface area contributed by atoms with Gasteiger partial charge in [-0.3, -0.25) is 4.90 Å². The fourth-order valence-corrected chi connectivity index (χ4v) is 5.95. The van der Waals surface area contributed by atoms with E-state index in [0.29, 0.717) is 24.1 Å². The number of fused-ring (bicyclic) bond motifs is 1. The summed E-state index contributed by atoms with van der Waals surface area (Å²) >= 11 is 0. The number of nitrogens with one attached hydrogen (secondary N) is 2. The number of urea groups is 1. The Morgan fingerprint density at radius 2 is 1.56 bits per heavy atom. The molecule has 2 N–H and O–H groups in total. The maximum absolute atomic E-state index is 14.0. The first-order chi connectivity index (χ1) is 21.3. The van der Waals surface area contributed by atoms with E-state index in [1.54, 1.807) is 54.6 Å². The van der Waals surface area contributed by atoms with Crippen molar-refractivity contribution in [3.8, 4) is 0 Å². The molecule has 240 valence electrons. The zero-order valence-corrected chi connectivity index (χ0v) is 24.1. The Bertz CT molecular complexity index is 1470. The number of benzene rings is 3. The zero-order chi connectivity index (χ0) is 32.4. The van der Waals surface area contributed by atoms with Crippen LogP contribution in [0.4, 0.5) is 35.9 Å². The molecule has 2 aliphatic rings. The summed E-state index contributed by atoms with van der Waals surface area (Å²) in [7, 11) is 0. The van der Waals surface area contributed by atoms with E-state index < -0.39 is 59.3 Å². The Kier molecular flexibility index (Phi) is 9.02. The summed E-state index contributed by atoms with van der Waals surface area (Å²) < 4.78 is 93.3. The highest BCUT2D eigenvalue weighted by atomic mass is 19.4. The number of piperidine rings is 1. The highest BCUT2D eigenvalue weighted by Gasteiger charge is 2.53. The minimum atomic E-state index is -5.02. The van der Waals surface area contributed by atoms with Crippen molar-refractivity contribution < 1.29 is 45.4 Å². The molecule has 0 aromatic heterocycles. The van der Waals surface area contributed by atoms with E-state index in [9.17, 15) is 35.9 Å². The van der Waals surface area contributed by atoms with Crippen LogP contribution in [-0.4, -0.2) is 42.3 Å². The SMILES string of the molecule is C[C@@H](OC[C@@]1(c2ccccc2)CC[C@@H]2NC(=O)NC[C@@H]2N1C(=O)OCc1ccccc1)c1cc(C(F)(F)F)cc(C(F)(F)F)c1. The van der Waals surface area contributed by atoms with Gasteiger partial charge in [0.15, 0.2) is 0 Å². The van der Waals surface area contributed by atoms with Crippen molar-refractivity contribution in [2.75, 3.05) is 13.2 Å². The van der Waals surface area contributed by atoms with E-state index in [1.807, 2.05) is 6.07 Å². The second kappa shape index (κ2) is 12.6. The number of likely N-dealkylation sites (tertiary alicyclic amines) is 1. The van der Waals surface area contributed by atoms with Crippen molar-refractivity contribution >= 4 is 12.1 Å². The second-order valence-corrected chi connectivity index (χ2v) is 11.2. The lowest BCUT2D eigenvalue weighted by Crippen LogP contribution is -2.72. The average Bonchev–Trinajstić information content (AvgIpc) is 3.02. The Balaban J connectivity index is 1.51. The molecule has 0 aliphatic carbocycles. The van der Waals surface area contributed by atoms with Gasteiger partial charge in [0.1, 0.15) is 6.61 Å². The Hall–Kier alpha value is -4.26. The average molecular weight is 636 g/mol. The molecule has 4 atom stereocenters. The lowest BCUT2D eigenvalue weighted by atomic mass is 9.76. The molecule has 0 radical (unpaired) electrons. The number of nitrogens with zero attached hydrogens (tertiary/aromatic N) is 1. The van der Waals surface area contributed by atoms with Gasteiger partial charge >= 0.3 is 24.5 Å². The standard InChI is InChI=1S/C32H31F6N3O4/c1-20(22-14-24(31(33,34)35)16-25(15-22)32(36,37)38)45-19-30(23-10-6-3-7-11-23)13-12-26-27(17-39-28(42)40-26)41(30)29(43)44-18-21-8-4-2-5-9-21/h2-11,14-16,20,26-27H,12-13,17-19H2,1H3,(H2,39,40,42)/t20-,26+,27+,30-/m1/s1. The number of carbonyl (C=O) groups excluding carboxylic acids is 2. The normalized spacial score (nSPS) is 22.6. The van der Waals surface area contributed by atoms with Gasteiger partial charge in [-0.05, 0) is 54.7 Å². The molecule has 13 heteroatoms. The van der Waals surface area contributed by atoms with Crippen LogP contribution in [0.25, 0.3) is 0 Å². The van der Waals surface area contributed by atoms with Crippen LogP contribution in [-0.2, 0) is 34.0 Å². The summed E-state index contributed by atoms with van der Waals surface area (Å²) in [6, 6.07) is 17.7. The van der Waals surface area contributed by atoms with E-state index in [4.69, 9.17) is 9.47 Å². The summed E-state index contributed by atoms with van der Waals surface area (Å²) in [5.74, 6) is 0. The molecule has 2 saturated heterocycles. The van der Waals surface area contributed by atoms with Crippen LogP contribution < -0.4 is 10.6 Å². The fourth-order valence-electron chi connectivity index (χ4n) is 5.95. The third kappa shape index (κ3) is 7.03. The van der Waals surface area contributed by atoms with Crippen molar-refractivity contribution in [3.63, 3.8) is 0 Å². The topological polar surface area (TPSA) is 79.9 Å². The van der Waals surface area contributed by atoms with E-state index >= 15 is 0 Å². The van der Waals surface area contributed by atoms with Gasteiger partial charge in [0.2, 0.25) is 0 Å². The molecule has 0 bridgehead atoms. The van der Waals surface area contributed by atoms with Gasteiger partial charge in [-0.15, -0.1) is 0 Å². The lowest BCUT2D eigenvalue weighted by molar-refractivity contribution is -0.143. The lowest BCUT2D eigenvalue weighted by Gasteiger charge is -2.54. The number of hydrogen-bond donors (Lipinski definition) is 2. The quantitative estimate of drug-likeness (QED) is 0.270. The summed E-state index contributed by atoms with van der Waals surface area (Å²) in [4.78, 5) is 27.6. The molecule has 3 aromatic rings. The van der Waals surface area contributed by atoms with Crippen molar-refractivity contribution in [1.29, 1.82) is 0 Å². The van der Waals surface area contributed by atoms with Crippen LogP contribution in [0, 0.1) is 0 Å². The minimum absolute atomic E-state index is 0.0556. The van der Waals surface area contributed by atoms with E-state index in [1.165, 1.54) is 11.8 Å². The van der Waals surface area contributed by atoms with Gasteiger partial charge in [0.05, 0.1) is 41.5 Å². The molecule has 2 heterocycles. The summed E-state index contributed by atoms with van der Waals surface area (Å²) in [6.45, 7) is 1.11. The smallest absolute Gasteiger partial charge is 0.416 e. The van der Waals surface area contributed by atoms with E-state index in [0.717, 1.165) is 5.56 Å². The number of rotatable bonds is 7. The minimum Gasteiger partial charge on any atom is -0.445 e. The number of hydrogen-bond acceptors (Lipinski definition) is 4. The van der Waals surface area contributed by atoms with Gasteiger partial charge < -0.3 is 20.1 Å². The van der Waals surface area contributed by atoms with Gasteiger partial charge in [-0.25, -0.2) is 9.59 Å². The summed E-state index contributed by atoms with van der Waals surface area (Å²) in [5.41, 5.74) is -3.10. The van der Waals surface area contributed by atoms with Gasteiger partial charge in [-0.1, -0.05) is 60.7 Å². The van der Waals surface area contributed by atoms with E-state index in [-0.39, 0.29) is 37.8 Å². The molecular formula is C32H31F6N3O4. The Labute approximate surface area is 255 Å². The first kappa shape index (κ1) is 32.1. The highest BCUT2D eigenvalue weighted by Crippen LogP contribution is 2.44. The summed E-state index contributed by atoms with van der Waals surface area (Å²) in [6.07, 6.45) is -11.3. The number of carbonyl (C=O) groups is 2. The zero-order valence-electron chi connectivity index (χ0n) is 24.1. The van der Waals surface area contributed by atoms with Crippen molar-refractivity contribution in [1.82, 2.24) is 15.5 Å². The third-order valence-electron chi connectivity index (χ3n) is 8.28. The molecular weight excluding hydrogens is 604 g/mol. The van der Waals surface area contributed by atoms with Gasteiger partial charge in [0.25, 0.3) is 0 Å². The third-order valence-corrected chi connectivity index (χ3v) is 8.28. The van der Waals surface area contributed by atoms with Gasteiger partial charge in [-0.2, -0.15) is 26.3 Å². The molecule has 3 aromatic carbocycles. The number of amides is 3. The largest absolute Gasteiger partial charge is 0.445 e. The van der Waals surface area contributed by atoms with Crippen LogP contribution >= 0.6 is 0 Å². The number of ether oxygens (including phenoxy) is 2. The molecule has 0 spiro atoms. The van der Waals surface area contributed by atoms with Crippen molar-refractivity contribution in [2.24, 2.45) is 0 Å². The molecule has 7 nitrogen and oxygen atoms in total. The molecule has 45 heavy (non-hydrogen) atoms. The van der Waals surface area contributed by atoms with Gasteiger partial charge in [0, 0.05) is 6.54 Å². The molecule has 3 amide bonds. The first-order valence-electron chi connectivity index (χ1n) is 14.3. The number of alkyl halides is 6. The maximum atomic E-state index is 14.0. The molecule has 5 rings (SSSR count). The first-order valence-corrected chi connectivity index (χ1v) is 14.3. The van der Waals surface area contributed by atoms with Crippen molar-refractivity contribution in [3.05, 3.63) is 107 Å². The van der Waals surface area contributed by atoms with Crippen LogP contribution in [0.5, 0.6) is 0 Å². The molecule has 0 unspecified atom stereocenters. The number of halogens is 6. The Morgan fingerprint density at radius 3 is 2.16 bits per heavy atom. The fraction of sp³-hybridized carbons (Fsp3) is 0.375. The molecule has 2 aliphatic heterocycles. The second-order valence-electron chi connectivity index (χ2n) is 11.2. The van der Waals surface area contributed by atoms with E-state index in [2.05, 4.69) is 10.6 Å². The van der Waals surface area contributed by atoms with Crippen LogP contribution in [0.3, 0.4) is 0 Å². The molecule has 0 saturated carbocycles.